The van der Waals surface area contributed by atoms with Crippen molar-refractivity contribution in [2.75, 3.05) is 13.1 Å². The third-order valence-electron chi connectivity index (χ3n) is 3.83. The van der Waals surface area contributed by atoms with E-state index < -0.39 is 0 Å². The van der Waals surface area contributed by atoms with Gasteiger partial charge >= 0.3 is 0 Å². The van der Waals surface area contributed by atoms with Crippen molar-refractivity contribution >= 4 is 11.8 Å². The van der Waals surface area contributed by atoms with Crippen molar-refractivity contribution in [3.63, 3.8) is 0 Å². The summed E-state index contributed by atoms with van der Waals surface area (Å²) in [4.78, 5) is 0. The smallest absolute Gasteiger partial charge is 0.199 e. The van der Waals surface area contributed by atoms with Crippen molar-refractivity contribution in [2.24, 2.45) is 0 Å². The highest BCUT2D eigenvalue weighted by Gasteiger charge is 2.14. The summed E-state index contributed by atoms with van der Waals surface area (Å²) in [7, 11) is 0. The van der Waals surface area contributed by atoms with Crippen LogP contribution in [0.25, 0.3) is 6.08 Å². The molecule has 2 nitrogen and oxygen atoms in total. The number of para-hydroxylation sites is 1. The van der Waals surface area contributed by atoms with Crippen LogP contribution >= 0.6 is 0 Å². The van der Waals surface area contributed by atoms with Crippen molar-refractivity contribution in [1.82, 2.24) is 0 Å². The van der Waals surface area contributed by atoms with Crippen molar-refractivity contribution < 1.29 is 9.31 Å². The molecule has 1 aromatic carbocycles. The molecule has 0 N–H and O–H groups in total. The van der Waals surface area contributed by atoms with E-state index in [2.05, 4.69) is 54.9 Å². The van der Waals surface area contributed by atoms with Crippen molar-refractivity contribution in [3.8, 4) is 5.75 Å². The molecule has 0 saturated carbocycles. The summed E-state index contributed by atoms with van der Waals surface area (Å²) in [5.74, 6) is 1.82. The quantitative estimate of drug-likeness (QED) is 0.746. The Balaban J connectivity index is 1.90. The lowest BCUT2D eigenvalue weighted by Gasteiger charge is -2.16. The molecule has 0 saturated heterocycles. The van der Waals surface area contributed by atoms with Gasteiger partial charge in [0.15, 0.2) is 5.71 Å². The monoisotopic (exact) mass is 278 g/mol. The van der Waals surface area contributed by atoms with E-state index in [1.54, 1.807) is 0 Å². The maximum absolute atomic E-state index is 5.99. The summed E-state index contributed by atoms with van der Waals surface area (Å²) in [5.41, 5.74) is 3.49. The largest absolute Gasteiger partial charge is 0.456 e. The third-order valence-corrected chi connectivity index (χ3v) is 3.83. The molecule has 106 valence electrons. The number of allylic oxidation sites excluding steroid dienone is 6. The molecule has 0 spiro atoms. The molecule has 0 fully saturated rings. The predicted molar refractivity (Wildman–Crippen MR) is 87.8 cm³/mol. The minimum absolute atomic E-state index is 0.903. The van der Waals surface area contributed by atoms with Gasteiger partial charge in [-0.05, 0) is 44.2 Å². The first-order chi connectivity index (χ1) is 10.3. The van der Waals surface area contributed by atoms with Crippen LogP contribution in [0.5, 0.6) is 5.75 Å². The van der Waals surface area contributed by atoms with Crippen LogP contribution < -0.4 is 4.74 Å². The molecule has 2 aliphatic rings. The summed E-state index contributed by atoms with van der Waals surface area (Å²) in [6, 6.07) is 8.09. The first-order valence-electron chi connectivity index (χ1n) is 7.49. The van der Waals surface area contributed by atoms with Gasteiger partial charge in [0.05, 0.1) is 0 Å². The number of hydrogen-bond acceptors (Lipinski definition) is 1. The van der Waals surface area contributed by atoms with Gasteiger partial charge in [-0.3, -0.25) is 0 Å². The fourth-order valence-electron chi connectivity index (χ4n) is 2.61. The Hall–Kier alpha value is -2.35. The Labute approximate surface area is 126 Å². The van der Waals surface area contributed by atoms with E-state index >= 15 is 0 Å². The van der Waals surface area contributed by atoms with Crippen molar-refractivity contribution in [1.29, 1.82) is 0 Å². The van der Waals surface area contributed by atoms with Gasteiger partial charge in [-0.1, -0.05) is 18.2 Å². The Bertz CT molecular complexity index is 678. The predicted octanol–water partition coefficient (Wildman–Crippen LogP) is 3.97. The zero-order valence-electron chi connectivity index (χ0n) is 12.5. The molecule has 0 amide bonds. The topological polar surface area (TPSA) is 12.2 Å². The van der Waals surface area contributed by atoms with Gasteiger partial charge in [-0.15, -0.1) is 0 Å². The molecule has 1 aliphatic heterocycles. The highest BCUT2D eigenvalue weighted by atomic mass is 16.5. The van der Waals surface area contributed by atoms with E-state index in [0.717, 1.165) is 35.7 Å². The van der Waals surface area contributed by atoms with Gasteiger partial charge < -0.3 is 4.74 Å². The Morgan fingerprint density at radius 3 is 2.29 bits per heavy atom. The SMILES string of the molecule is CC[N+](CC)=C1C=CC(=C2C=Cc3ccccc3O2)C=C1. The molecule has 1 heterocycles. The summed E-state index contributed by atoms with van der Waals surface area (Å²) in [6.45, 7) is 6.40. The van der Waals surface area contributed by atoms with Crippen molar-refractivity contribution in [3.05, 3.63) is 71.5 Å². The molecule has 0 atom stereocenters. The maximum atomic E-state index is 5.99. The van der Waals surface area contributed by atoms with Crippen LogP contribution in [0.2, 0.25) is 0 Å². The number of ether oxygens (including phenoxy) is 1. The van der Waals surface area contributed by atoms with Crippen LogP contribution in [0.1, 0.15) is 19.4 Å². The standard InChI is InChI=1S/C19H20NO/c1-3-20(4-2)17-12-9-16(10-13-17)19-14-11-15-7-5-6-8-18(15)21-19/h5-14H,3-4H2,1-2H3/q+1. The van der Waals surface area contributed by atoms with E-state index in [0.29, 0.717) is 0 Å². The van der Waals surface area contributed by atoms with Gasteiger partial charge in [0, 0.05) is 23.3 Å². The molecule has 21 heavy (non-hydrogen) atoms. The van der Waals surface area contributed by atoms with E-state index in [1.165, 1.54) is 5.71 Å². The van der Waals surface area contributed by atoms with Gasteiger partial charge in [-0.2, -0.15) is 0 Å². The zero-order valence-corrected chi connectivity index (χ0v) is 12.5. The molecule has 1 aromatic rings. The van der Waals surface area contributed by atoms with Gasteiger partial charge in [0.2, 0.25) is 0 Å². The van der Waals surface area contributed by atoms with E-state index in [4.69, 9.17) is 4.74 Å². The van der Waals surface area contributed by atoms with Gasteiger partial charge in [0.25, 0.3) is 0 Å². The lowest BCUT2D eigenvalue weighted by atomic mass is 10.0. The molecular formula is C19H20NO+. The van der Waals surface area contributed by atoms with Crippen LogP contribution in [0, 0.1) is 0 Å². The number of nitrogens with zero attached hydrogens (tertiary/aromatic N) is 1. The van der Waals surface area contributed by atoms with Crippen LogP contribution in [0.4, 0.5) is 0 Å². The van der Waals surface area contributed by atoms with Crippen LogP contribution in [0.15, 0.2) is 66.0 Å². The minimum Gasteiger partial charge on any atom is -0.456 e. The summed E-state index contributed by atoms with van der Waals surface area (Å²) in [6.07, 6.45) is 12.7. The van der Waals surface area contributed by atoms with Crippen LogP contribution in [-0.4, -0.2) is 23.4 Å². The average Bonchev–Trinajstić information content (AvgIpc) is 2.56. The average molecular weight is 278 g/mol. The number of benzene rings is 1. The Morgan fingerprint density at radius 1 is 0.857 bits per heavy atom. The first-order valence-corrected chi connectivity index (χ1v) is 7.49. The lowest BCUT2D eigenvalue weighted by molar-refractivity contribution is -0.519. The number of fused-ring (bicyclic) bond motifs is 1. The Kier molecular flexibility index (Phi) is 3.87. The molecular weight excluding hydrogens is 258 g/mol. The second-order valence-corrected chi connectivity index (χ2v) is 5.06. The fourth-order valence-corrected chi connectivity index (χ4v) is 2.61. The first kappa shape index (κ1) is 13.6. The normalized spacial score (nSPS) is 16.0. The molecule has 0 unspecified atom stereocenters. The third kappa shape index (κ3) is 2.75. The van der Waals surface area contributed by atoms with Gasteiger partial charge in [-0.25, -0.2) is 4.58 Å². The zero-order chi connectivity index (χ0) is 14.7. The maximum Gasteiger partial charge on any atom is 0.199 e. The summed E-state index contributed by atoms with van der Waals surface area (Å²) in [5, 5.41) is 0. The Morgan fingerprint density at radius 2 is 1.57 bits per heavy atom. The van der Waals surface area contributed by atoms with Crippen LogP contribution in [0.3, 0.4) is 0 Å². The molecule has 0 aromatic heterocycles. The second-order valence-electron chi connectivity index (χ2n) is 5.06. The van der Waals surface area contributed by atoms with E-state index in [9.17, 15) is 0 Å². The van der Waals surface area contributed by atoms with E-state index in [1.807, 2.05) is 24.3 Å². The van der Waals surface area contributed by atoms with Gasteiger partial charge in [0.1, 0.15) is 24.6 Å². The molecule has 3 rings (SSSR count). The highest BCUT2D eigenvalue weighted by Crippen LogP contribution is 2.29. The number of hydrogen-bond donors (Lipinski definition) is 0. The highest BCUT2D eigenvalue weighted by molar-refractivity contribution is 6.02. The molecule has 0 bridgehead atoms. The summed E-state index contributed by atoms with van der Waals surface area (Å²) < 4.78 is 8.32. The fraction of sp³-hybridized carbons (Fsp3) is 0.211. The van der Waals surface area contributed by atoms with Crippen molar-refractivity contribution in [2.45, 2.75) is 13.8 Å². The summed E-state index contributed by atoms with van der Waals surface area (Å²) >= 11 is 0. The lowest BCUT2D eigenvalue weighted by Crippen LogP contribution is -2.19. The molecule has 0 radical (unpaired) electrons. The molecule has 2 heteroatoms. The van der Waals surface area contributed by atoms with Crippen LogP contribution in [-0.2, 0) is 0 Å². The van der Waals surface area contributed by atoms with E-state index in [-0.39, 0.29) is 0 Å². The second kappa shape index (κ2) is 5.96. The molecule has 1 aliphatic carbocycles. The number of rotatable bonds is 2. The minimum atomic E-state index is 0.903.